The number of carbonyl (C=O) groups excluding carboxylic acids is 1. The number of hydrogen-bond donors (Lipinski definition) is 2. The summed E-state index contributed by atoms with van der Waals surface area (Å²) in [6.07, 6.45) is 0. The van der Waals surface area contributed by atoms with Gasteiger partial charge in [0.2, 0.25) is 0 Å². The average molecular weight is 391 g/mol. The van der Waals surface area contributed by atoms with Gasteiger partial charge in [-0.1, -0.05) is 6.92 Å². The van der Waals surface area contributed by atoms with Crippen molar-refractivity contribution in [2.75, 3.05) is 13.1 Å². The Kier molecular flexibility index (Phi) is 8.82. The number of nitrogens with one attached hydrogen (secondary N) is 2. The van der Waals surface area contributed by atoms with Gasteiger partial charge in [0.05, 0.1) is 4.88 Å². The van der Waals surface area contributed by atoms with E-state index >= 15 is 0 Å². The van der Waals surface area contributed by atoms with E-state index in [4.69, 9.17) is 0 Å². The van der Waals surface area contributed by atoms with Crippen molar-refractivity contribution < 1.29 is 18.3 Å². The Bertz CT molecular complexity index is 665. The Labute approximate surface area is 156 Å². The van der Waals surface area contributed by atoms with Crippen molar-refractivity contribution in [1.29, 1.82) is 0 Å². The van der Waals surface area contributed by atoms with Gasteiger partial charge in [0.1, 0.15) is 5.75 Å². The topological polar surface area (TPSA) is 50.4 Å². The standard InChI is InChI=1S/C17H20F2N2O2S.ClH/c1-3-20-11(2)10-21-16(22)15-9-8-14(24-15)12-4-6-13(7-5-12)23-17(18)19;/h4-9,11,17,20H,3,10H2,1-2H3,(H,21,22);1H/t11-;/m1./s1. The minimum absolute atomic E-state index is 0. The predicted molar refractivity (Wildman–Crippen MR) is 99.1 cm³/mol. The fourth-order valence-corrected chi connectivity index (χ4v) is 3.10. The third-order valence-electron chi connectivity index (χ3n) is 3.32. The molecule has 0 fully saturated rings. The molecule has 0 spiro atoms. The van der Waals surface area contributed by atoms with E-state index in [0.717, 1.165) is 17.0 Å². The molecule has 25 heavy (non-hydrogen) atoms. The van der Waals surface area contributed by atoms with Gasteiger partial charge in [-0.15, -0.1) is 23.7 Å². The van der Waals surface area contributed by atoms with Gasteiger partial charge in [0.25, 0.3) is 5.91 Å². The van der Waals surface area contributed by atoms with Crippen molar-refractivity contribution in [3.05, 3.63) is 41.3 Å². The molecule has 4 nitrogen and oxygen atoms in total. The highest BCUT2D eigenvalue weighted by Crippen LogP contribution is 2.29. The monoisotopic (exact) mass is 390 g/mol. The largest absolute Gasteiger partial charge is 0.435 e. The summed E-state index contributed by atoms with van der Waals surface area (Å²) in [4.78, 5) is 13.6. The molecule has 0 aliphatic carbocycles. The number of alkyl halides is 2. The van der Waals surface area contributed by atoms with Crippen molar-refractivity contribution in [1.82, 2.24) is 10.6 Å². The molecule has 1 atom stereocenters. The summed E-state index contributed by atoms with van der Waals surface area (Å²) in [5.41, 5.74) is 0.849. The molecule has 1 aromatic carbocycles. The van der Waals surface area contributed by atoms with Gasteiger partial charge in [0, 0.05) is 17.5 Å². The van der Waals surface area contributed by atoms with Crippen molar-refractivity contribution in [3.63, 3.8) is 0 Å². The maximum atomic E-state index is 12.1. The molecule has 1 aromatic heterocycles. The van der Waals surface area contributed by atoms with Crippen LogP contribution in [0.4, 0.5) is 8.78 Å². The molecule has 8 heteroatoms. The smallest absolute Gasteiger partial charge is 0.387 e. The average Bonchev–Trinajstić information content (AvgIpc) is 3.03. The van der Waals surface area contributed by atoms with Crippen molar-refractivity contribution in [2.45, 2.75) is 26.5 Å². The zero-order chi connectivity index (χ0) is 17.5. The molecule has 0 bridgehead atoms. The Morgan fingerprint density at radius 1 is 1.20 bits per heavy atom. The first kappa shape index (κ1) is 21.3. The fourth-order valence-electron chi connectivity index (χ4n) is 2.17. The number of hydrogen-bond acceptors (Lipinski definition) is 4. The van der Waals surface area contributed by atoms with Crippen LogP contribution in [0, 0.1) is 0 Å². The molecule has 1 heterocycles. The summed E-state index contributed by atoms with van der Waals surface area (Å²) in [5.74, 6) is -0.00524. The summed E-state index contributed by atoms with van der Waals surface area (Å²) >= 11 is 1.36. The lowest BCUT2D eigenvalue weighted by atomic mass is 10.2. The summed E-state index contributed by atoms with van der Waals surface area (Å²) in [7, 11) is 0. The second kappa shape index (κ2) is 10.3. The molecule has 2 aromatic rings. The number of carbonyl (C=O) groups is 1. The van der Waals surface area contributed by atoms with E-state index in [-0.39, 0.29) is 30.1 Å². The van der Waals surface area contributed by atoms with Crippen LogP contribution in [0.25, 0.3) is 10.4 Å². The highest BCUT2D eigenvalue weighted by molar-refractivity contribution is 7.17. The number of ether oxygens (including phenoxy) is 1. The Hall–Kier alpha value is -1.70. The van der Waals surface area contributed by atoms with Gasteiger partial charge in [-0.2, -0.15) is 8.78 Å². The zero-order valence-corrected chi connectivity index (χ0v) is 15.6. The van der Waals surface area contributed by atoms with E-state index in [0.29, 0.717) is 11.4 Å². The van der Waals surface area contributed by atoms with Gasteiger partial charge in [0.15, 0.2) is 0 Å². The van der Waals surface area contributed by atoms with Crippen LogP contribution in [-0.4, -0.2) is 31.7 Å². The number of rotatable bonds is 8. The minimum atomic E-state index is -2.84. The second-order valence-corrected chi connectivity index (χ2v) is 6.32. The normalized spacial score (nSPS) is 11.7. The lowest BCUT2D eigenvalue weighted by Crippen LogP contribution is -2.38. The second-order valence-electron chi connectivity index (χ2n) is 5.24. The molecule has 0 aliphatic heterocycles. The third-order valence-corrected chi connectivity index (χ3v) is 4.45. The molecular weight excluding hydrogens is 370 g/mol. The van der Waals surface area contributed by atoms with Crippen LogP contribution >= 0.6 is 23.7 Å². The fraction of sp³-hybridized carbons (Fsp3) is 0.353. The first-order valence-electron chi connectivity index (χ1n) is 7.66. The van der Waals surface area contributed by atoms with E-state index in [9.17, 15) is 13.6 Å². The van der Waals surface area contributed by atoms with E-state index in [1.807, 2.05) is 19.9 Å². The molecule has 2 rings (SSSR count). The first-order chi connectivity index (χ1) is 11.5. The van der Waals surface area contributed by atoms with Crippen LogP contribution in [0.2, 0.25) is 0 Å². The highest BCUT2D eigenvalue weighted by Gasteiger charge is 2.12. The van der Waals surface area contributed by atoms with Crippen molar-refractivity contribution >= 4 is 29.7 Å². The summed E-state index contributed by atoms with van der Waals surface area (Å²) in [6.45, 7) is 2.59. The predicted octanol–water partition coefficient (Wildman–Crippen LogP) is 4.17. The van der Waals surface area contributed by atoms with Gasteiger partial charge in [-0.05, 0) is 55.4 Å². The summed E-state index contributed by atoms with van der Waals surface area (Å²) in [5, 5.41) is 6.11. The molecule has 0 unspecified atom stereocenters. The Morgan fingerprint density at radius 3 is 2.48 bits per heavy atom. The molecular formula is C17H21ClF2N2O2S. The maximum absolute atomic E-state index is 12.1. The zero-order valence-electron chi connectivity index (χ0n) is 13.9. The third kappa shape index (κ3) is 6.61. The summed E-state index contributed by atoms with van der Waals surface area (Å²) in [6, 6.07) is 10.2. The number of amides is 1. The molecule has 0 aliphatic rings. The quantitative estimate of drug-likeness (QED) is 0.711. The van der Waals surface area contributed by atoms with Gasteiger partial charge >= 0.3 is 6.61 Å². The number of benzene rings is 1. The maximum Gasteiger partial charge on any atom is 0.387 e. The number of likely N-dealkylation sites (N-methyl/N-ethyl adjacent to an activating group) is 1. The SMILES string of the molecule is CCN[C@H](C)CNC(=O)c1ccc(-c2ccc(OC(F)F)cc2)s1.Cl. The molecule has 0 radical (unpaired) electrons. The lowest BCUT2D eigenvalue weighted by molar-refractivity contribution is -0.0498. The van der Waals surface area contributed by atoms with Gasteiger partial charge < -0.3 is 15.4 Å². The van der Waals surface area contributed by atoms with Crippen LogP contribution < -0.4 is 15.4 Å². The van der Waals surface area contributed by atoms with Crippen LogP contribution in [0.15, 0.2) is 36.4 Å². The summed E-state index contributed by atoms with van der Waals surface area (Å²) < 4.78 is 28.6. The highest BCUT2D eigenvalue weighted by atomic mass is 35.5. The van der Waals surface area contributed by atoms with Crippen LogP contribution in [0.5, 0.6) is 5.75 Å². The van der Waals surface area contributed by atoms with E-state index in [1.165, 1.54) is 23.5 Å². The van der Waals surface area contributed by atoms with Crippen LogP contribution in [0.3, 0.4) is 0 Å². The molecule has 0 saturated carbocycles. The minimum Gasteiger partial charge on any atom is -0.435 e. The number of halogens is 3. The lowest BCUT2D eigenvalue weighted by Gasteiger charge is -2.12. The van der Waals surface area contributed by atoms with Crippen molar-refractivity contribution in [3.8, 4) is 16.2 Å². The van der Waals surface area contributed by atoms with E-state index in [1.54, 1.807) is 18.2 Å². The first-order valence-corrected chi connectivity index (χ1v) is 8.48. The molecule has 138 valence electrons. The van der Waals surface area contributed by atoms with Crippen LogP contribution in [-0.2, 0) is 0 Å². The molecule has 2 N–H and O–H groups in total. The molecule has 1 amide bonds. The van der Waals surface area contributed by atoms with Gasteiger partial charge in [-0.25, -0.2) is 0 Å². The Balaban J connectivity index is 0.00000312. The number of thiophene rings is 1. The Morgan fingerprint density at radius 2 is 1.88 bits per heavy atom. The van der Waals surface area contributed by atoms with E-state index < -0.39 is 6.61 Å². The van der Waals surface area contributed by atoms with Gasteiger partial charge in [-0.3, -0.25) is 4.79 Å². The van der Waals surface area contributed by atoms with E-state index in [2.05, 4.69) is 15.4 Å². The van der Waals surface area contributed by atoms with Crippen LogP contribution in [0.1, 0.15) is 23.5 Å². The molecule has 0 saturated heterocycles. The van der Waals surface area contributed by atoms with Crippen molar-refractivity contribution in [2.24, 2.45) is 0 Å².